The van der Waals surface area contributed by atoms with Crippen LogP contribution in [0, 0.1) is 5.82 Å². The number of benzene rings is 2. The van der Waals surface area contributed by atoms with Crippen molar-refractivity contribution < 1.29 is 28.3 Å². The maximum atomic E-state index is 13.5. The Morgan fingerprint density at radius 3 is 2.18 bits per heavy atom. The number of ether oxygens (including phenoxy) is 1. The molecule has 8 nitrogen and oxygen atoms in total. The molecule has 1 atom stereocenters. The van der Waals surface area contributed by atoms with Crippen LogP contribution in [0.1, 0.15) is 27.6 Å². The van der Waals surface area contributed by atoms with Gasteiger partial charge in [0.2, 0.25) is 0 Å². The predicted molar refractivity (Wildman–Crippen MR) is 94.6 cm³/mol. The number of imide groups is 1. The summed E-state index contributed by atoms with van der Waals surface area (Å²) < 4.78 is 18.7. The van der Waals surface area contributed by atoms with Gasteiger partial charge in [-0.2, -0.15) is 0 Å². The zero-order valence-corrected chi connectivity index (χ0v) is 14.8. The lowest BCUT2D eigenvalue weighted by atomic mass is 10.1. The summed E-state index contributed by atoms with van der Waals surface area (Å²) >= 11 is 0. The number of para-hydroxylation sites is 1. The quantitative estimate of drug-likeness (QED) is 0.591. The Kier molecular flexibility index (Phi) is 5.35. The summed E-state index contributed by atoms with van der Waals surface area (Å²) in [5.41, 5.74) is 4.65. The monoisotopic (exact) mass is 385 g/mol. The first-order valence-corrected chi connectivity index (χ1v) is 8.33. The number of halogens is 1. The molecule has 0 aliphatic carbocycles. The van der Waals surface area contributed by atoms with Crippen LogP contribution >= 0.6 is 0 Å². The fourth-order valence-corrected chi connectivity index (χ4v) is 2.58. The summed E-state index contributed by atoms with van der Waals surface area (Å²) in [6, 6.07) is 11.8. The Balaban J connectivity index is 1.52. The van der Waals surface area contributed by atoms with E-state index in [0.29, 0.717) is 0 Å². The van der Waals surface area contributed by atoms with Crippen molar-refractivity contribution in [3.63, 3.8) is 0 Å². The molecule has 0 aromatic heterocycles. The largest absolute Gasteiger partial charge is 0.478 e. The van der Waals surface area contributed by atoms with Crippen LogP contribution in [0.4, 0.5) is 4.39 Å². The lowest BCUT2D eigenvalue weighted by molar-refractivity contribution is -0.132. The van der Waals surface area contributed by atoms with Gasteiger partial charge in [0, 0.05) is 0 Å². The molecule has 144 valence electrons. The second kappa shape index (κ2) is 7.87. The topological polar surface area (TPSA) is 105 Å². The summed E-state index contributed by atoms with van der Waals surface area (Å²) in [5.74, 6) is -3.42. The Morgan fingerprint density at radius 1 is 1.00 bits per heavy atom. The highest BCUT2D eigenvalue weighted by atomic mass is 19.1. The van der Waals surface area contributed by atoms with Gasteiger partial charge in [-0.05, 0) is 31.2 Å². The van der Waals surface area contributed by atoms with E-state index in [4.69, 9.17) is 4.74 Å². The maximum Gasteiger partial charge on any atom is 0.279 e. The van der Waals surface area contributed by atoms with E-state index in [-0.39, 0.29) is 16.9 Å². The Bertz CT molecular complexity index is 927. The molecule has 2 N–H and O–H groups in total. The molecule has 4 amide bonds. The Morgan fingerprint density at radius 2 is 1.57 bits per heavy atom. The molecule has 0 fully saturated rings. The second-order valence-electron chi connectivity index (χ2n) is 5.97. The number of hydrogen-bond acceptors (Lipinski definition) is 5. The number of hydrogen-bond donors (Lipinski definition) is 2. The van der Waals surface area contributed by atoms with Crippen molar-refractivity contribution in [2.75, 3.05) is 6.54 Å². The highest BCUT2D eigenvalue weighted by Gasteiger charge is 2.36. The zero-order chi connectivity index (χ0) is 20.3. The van der Waals surface area contributed by atoms with Crippen molar-refractivity contribution in [1.29, 1.82) is 0 Å². The van der Waals surface area contributed by atoms with Gasteiger partial charge in [0.1, 0.15) is 6.54 Å². The van der Waals surface area contributed by atoms with Gasteiger partial charge < -0.3 is 4.74 Å². The third kappa shape index (κ3) is 3.83. The number of nitrogens with one attached hydrogen (secondary N) is 2. The van der Waals surface area contributed by atoms with Gasteiger partial charge in [-0.15, -0.1) is 0 Å². The Labute approximate surface area is 159 Å². The zero-order valence-electron chi connectivity index (χ0n) is 14.8. The number of carbonyl (C=O) groups excluding carboxylic acids is 4. The molecule has 0 radical (unpaired) electrons. The first-order chi connectivity index (χ1) is 13.4. The van der Waals surface area contributed by atoms with Crippen LogP contribution in [-0.4, -0.2) is 41.2 Å². The van der Waals surface area contributed by atoms with Crippen LogP contribution in [0.25, 0.3) is 0 Å². The minimum Gasteiger partial charge on any atom is -0.478 e. The molecule has 0 saturated carbocycles. The van der Waals surface area contributed by atoms with E-state index in [1.54, 1.807) is 18.2 Å². The Hall–Kier alpha value is -3.75. The van der Waals surface area contributed by atoms with Crippen LogP contribution in [0.15, 0.2) is 48.5 Å². The van der Waals surface area contributed by atoms with E-state index < -0.39 is 42.1 Å². The molecule has 1 aliphatic heterocycles. The summed E-state index contributed by atoms with van der Waals surface area (Å²) in [4.78, 5) is 49.2. The number of fused-ring (bicyclic) bond motifs is 1. The fourth-order valence-electron chi connectivity index (χ4n) is 2.58. The molecule has 1 heterocycles. The molecule has 0 spiro atoms. The molecular weight excluding hydrogens is 369 g/mol. The van der Waals surface area contributed by atoms with Gasteiger partial charge in [0.25, 0.3) is 23.6 Å². The maximum absolute atomic E-state index is 13.5. The fraction of sp³-hybridized carbons (Fsp3) is 0.158. The van der Waals surface area contributed by atoms with E-state index in [2.05, 4.69) is 10.9 Å². The van der Waals surface area contributed by atoms with Gasteiger partial charge in [-0.25, -0.2) is 4.39 Å². The van der Waals surface area contributed by atoms with Gasteiger partial charge >= 0.3 is 0 Å². The molecule has 1 aliphatic rings. The predicted octanol–water partition coefficient (Wildman–Crippen LogP) is 1.04. The SMILES string of the molecule is C[C@@H](Oc1ccccc1F)C(=O)NNC(=O)CN1C(=O)c2ccccc2C1=O. The summed E-state index contributed by atoms with van der Waals surface area (Å²) in [6.45, 7) is 0.813. The highest BCUT2D eigenvalue weighted by molar-refractivity contribution is 6.22. The lowest BCUT2D eigenvalue weighted by Gasteiger charge is -2.17. The van der Waals surface area contributed by atoms with E-state index >= 15 is 0 Å². The smallest absolute Gasteiger partial charge is 0.279 e. The van der Waals surface area contributed by atoms with E-state index in [9.17, 15) is 23.6 Å². The standard InChI is InChI=1S/C19H16FN3O5/c1-11(28-15-9-5-4-8-14(15)20)17(25)22-21-16(24)10-23-18(26)12-6-2-3-7-13(12)19(23)27/h2-9,11H,10H2,1H3,(H,21,24)(H,22,25)/t11-/m1/s1. The number of nitrogens with zero attached hydrogens (tertiary/aromatic N) is 1. The third-order valence-corrected chi connectivity index (χ3v) is 4.01. The molecule has 3 rings (SSSR count). The van der Waals surface area contributed by atoms with Crippen molar-refractivity contribution in [1.82, 2.24) is 15.8 Å². The average Bonchev–Trinajstić information content (AvgIpc) is 2.93. The highest BCUT2D eigenvalue weighted by Crippen LogP contribution is 2.21. The first kappa shape index (κ1) is 19.0. The minimum atomic E-state index is -1.10. The van der Waals surface area contributed by atoms with Crippen molar-refractivity contribution in [2.45, 2.75) is 13.0 Å². The average molecular weight is 385 g/mol. The van der Waals surface area contributed by atoms with E-state index in [1.165, 1.54) is 37.3 Å². The van der Waals surface area contributed by atoms with Gasteiger partial charge in [-0.1, -0.05) is 24.3 Å². The van der Waals surface area contributed by atoms with E-state index in [1.807, 2.05) is 0 Å². The van der Waals surface area contributed by atoms with Crippen molar-refractivity contribution >= 4 is 23.6 Å². The second-order valence-corrected chi connectivity index (χ2v) is 5.97. The third-order valence-electron chi connectivity index (χ3n) is 4.01. The van der Waals surface area contributed by atoms with Crippen LogP contribution in [0.2, 0.25) is 0 Å². The first-order valence-electron chi connectivity index (χ1n) is 8.33. The van der Waals surface area contributed by atoms with Gasteiger partial charge in [0.05, 0.1) is 11.1 Å². The molecule has 2 aromatic rings. The van der Waals surface area contributed by atoms with Crippen LogP contribution in [0.3, 0.4) is 0 Å². The molecule has 2 aromatic carbocycles. The summed E-state index contributed by atoms with van der Waals surface area (Å²) in [7, 11) is 0. The number of carbonyl (C=O) groups is 4. The molecular formula is C19H16FN3O5. The molecule has 0 unspecified atom stereocenters. The van der Waals surface area contributed by atoms with E-state index in [0.717, 1.165) is 4.90 Å². The van der Waals surface area contributed by atoms with Gasteiger partial charge in [0.15, 0.2) is 17.7 Å². The van der Waals surface area contributed by atoms with Crippen LogP contribution < -0.4 is 15.6 Å². The summed E-state index contributed by atoms with van der Waals surface area (Å²) in [5, 5.41) is 0. The van der Waals surface area contributed by atoms with Gasteiger partial charge in [-0.3, -0.25) is 34.9 Å². The molecule has 28 heavy (non-hydrogen) atoms. The van der Waals surface area contributed by atoms with Crippen LogP contribution in [0.5, 0.6) is 5.75 Å². The van der Waals surface area contributed by atoms with Crippen LogP contribution in [-0.2, 0) is 9.59 Å². The molecule has 0 bridgehead atoms. The number of amides is 4. The molecule has 9 heteroatoms. The molecule has 0 saturated heterocycles. The normalized spacial score (nSPS) is 13.7. The summed E-state index contributed by atoms with van der Waals surface area (Å²) in [6.07, 6.45) is -1.10. The number of rotatable bonds is 5. The van der Waals surface area contributed by atoms with Crippen molar-refractivity contribution in [2.24, 2.45) is 0 Å². The lowest BCUT2D eigenvalue weighted by Crippen LogP contribution is -2.50. The number of hydrazine groups is 1. The van der Waals surface area contributed by atoms with Crippen molar-refractivity contribution in [3.05, 3.63) is 65.5 Å². The minimum absolute atomic E-state index is 0.109. The van der Waals surface area contributed by atoms with Crippen molar-refractivity contribution in [3.8, 4) is 5.75 Å².